The van der Waals surface area contributed by atoms with Crippen LogP contribution in [0.25, 0.3) is 0 Å². The van der Waals surface area contributed by atoms with Gasteiger partial charge in [-0.05, 0) is 0 Å². The number of amides is 1. The molecule has 12 heavy (non-hydrogen) atoms. The lowest BCUT2D eigenvalue weighted by molar-refractivity contribution is -0.678. The molecule has 0 bridgehead atoms. The number of carbonyl (C=O) groups excluding carboxylic acids is 2. The summed E-state index contributed by atoms with van der Waals surface area (Å²) in [6.45, 7) is 1.50. The van der Waals surface area contributed by atoms with Gasteiger partial charge >= 0.3 is 5.97 Å². The van der Waals surface area contributed by atoms with Crippen LogP contribution in [0.15, 0.2) is 0 Å². The highest BCUT2D eigenvalue weighted by atomic mass is 16.5. The zero-order valence-corrected chi connectivity index (χ0v) is 7.00. The highest BCUT2D eigenvalue weighted by molar-refractivity contribution is 5.85. The molecule has 3 N–H and O–H groups in total. The number of quaternary nitrogens is 1. The smallest absolute Gasteiger partial charge is 0.312 e. The molecule has 0 aromatic heterocycles. The molecule has 5 heteroatoms. The van der Waals surface area contributed by atoms with Crippen molar-refractivity contribution in [2.24, 2.45) is 0 Å². The molecule has 1 rings (SSSR count). The van der Waals surface area contributed by atoms with E-state index in [0.717, 1.165) is 6.54 Å². The van der Waals surface area contributed by atoms with E-state index in [4.69, 9.17) is 0 Å². The first-order valence-corrected chi connectivity index (χ1v) is 3.92. The Balaban J connectivity index is 2.39. The predicted octanol–water partition coefficient (Wildman–Crippen LogP) is -2.39. The van der Waals surface area contributed by atoms with E-state index in [2.05, 4.69) is 10.1 Å². The summed E-state index contributed by atoms with van der Waals surface area (Å²) >= 11 is 0. The first-order chi connectivity index (χ1) is 5.74. The lowest BCUT2D eigenvalue weighted by Gasteiger charge is -2.18. The quantitative estimate of drug-likeness (QED) is 0.458. The predicted molar refractivity (Wildman–Crippen MR) is 40.2 cm³/mol. The molecule has 0 radical (unpaired) electrons. The van der Waals surface area contributed by atoms with Crippen molar-refractivity contribution in [1.82, 2.24) is 5.32 Å². The number of nitrogens with one attached hydrogen (secondary N) is 1. The van der Waals surface area contributed by atoms with Crippen LogP contribution < -0.4 is 10.6 Å². The monoisotopic (exact) mass is 173 g/mol. The van der Waals surface area contributed by atoms with Crippen LogP contribution in [0, 0.1) is 0 Å². The largest absolute Gasteiger partial charge is 0.469 e. The zero-order chi connectivity index (χ0) is 8.97. The fraction of sp³-hybridized carbons (Fsp3) is 0.714. The Hall–Kier alpha value is -1.10. The van der Waals surface area contributed by atoms with Gasteiger partial charge in [0.25, 0.3) is 5.91 Å². The van der Waals surface area contributed by atoms with Crippen LogP contribution in [-0.2, 0) is 14.3 Å². The average molecular weight is 173 g/mol. The summed E-state index contributed by atoms with van der Waals surface area (Å²) in [5.74, 6) is -0.417. The fourth-order valence-electron chi connectivity index (χ4n) is 1.16. The molecule has 1 fully saturated rings. The van der Waals surface area contributed by atoms with Crippen molar-refractivity contribution in [2.45, 2.75) is 12.5 Å². The molecule has 0 aromatic rings. The molecule has 0 aromatic carbocycles. The lowest BCUT2D eigenvalue weighted by Crippen LogP contribution is -2.96. The van der Waals surface area contributed by atoms with Crippen LogP contribution in [0.4, 0.5) is 0 Å². The second-order valence-electron chi connectivity index (χ2n) is 2.70. The highest BCUT2D eigenvalue weighted by Gasteiger charge is 2.27. The van der Waals surface area contributed by atoms with Crippen molar-refractivity contribution in [3.8, 4) is 0 Å². The van der Waals surface area contributed by atoms with Crippen molar-refractivity contribution < 1.29 is 19.6 Å². The van der Waals surface area contributed by atoms with Crippen LogP contribution >= 0.6 is 0 Å². The molecule has 5 nitrogen and oxygen atoms in total. The van der Waals surface area contributed by atoms with Crippen molar-refractivity contribution in [3.63, 3.8) is 0 Å². The third kappa shape index (κ3) is 2.20. The van der Waals surface area contributed by atoms with E-state index in [0.29, 0.717) is 6.54 Å². The summed E-state index contributed by atoms with van der Waals surface area (Å²) in [6.07, 6.45) is 0.155. The molecule has 0 unspecified atom stereocenters. The van der Waals surface area contributed by atoms with Crippen LogP contribution in [0.5, 0.6) is 0 Å². The molecular formula is C7H13N2O3+. The van der Waals surface area contributed by atoms with Crippen molar-refractivity contribution in [3.05, 3.63) is 0 Å². The Morgan fingerprint density at radius 2 is 2.58 bits per heavy atom. The van der Waals surface area contributed by atoms with Crippen LogP contribution in [0.1, 0.15) is 6.42 Å². The van der Waals surface area contributed by atoms with Gasteiger partial charge in [-0.3, -0.25) is 9.59 Å². The van der Waals surface area contributed by atoms with E-state index >= 15 is 0 Å². The standard InChI is InChI=1S/C7H12N2O3/c1-12-6(10)4-5-7(11)9-3-2-8-5/h5,8H,2-4H2,1H3,(H,9,11)/p+1/t5-/m0/s1. The molecule has 1 aliphatic heterocycles. The van der Waals surface area contributed by atoms with E-state index in [-0.39, 0.29) is 24.3 Å². The summed E-state index contributed by atoms with van der Waals surface area (Å²) in [5.41, 5.74) is 0. The summed E-state index contributed by atoms with van der Waals surface area (Å²) in [7, 11) is 1.32. The number of hydrogen-bond donors (Lipinski definition) is 2. The van der Waals surface area contributed by atoms with Gasteiger partial charge in [-0.1, -0.05) is 0 Å². The maximum atomic E-state index is 11.1. The molecule has 1 aliphatic rings. The van der Waals surface area contributed by atoms with Crippen LogP contribution in [-0.4, -0.2) is 38.1 Å². The van der Waals surface area contributed by atoms with Gasteiger partial charge in [-0.2, -0.15) is 0 Å². The summed E-state index contributed by atoms with van der Waals surface area (Å²) in [5, 5.41) is 4.54. The lowest BCUT2D eigenvalue weighted by atomic mass is 10.1. The van der Waals surface area contributed by atoms with E-state index in [1.54, 1.807) is 0 Å². The van der Waals surface area contributed by atoms with Gasteiger partial charge in [0.1, 0.15) is 6.42 Å². The Morgan fingerprint density at radius 3 is 3.17 bits per heavy atom. The second-order valence-corrected chi connectivity index (χ2v) is 2.70. The first kappa shape index (κ1) is 8.99. The van der Waals surface area contributed by atoms with Gasteiger partial charge in [0.2, 0.25) is 0 Å². The SMILES string of the molecule is COC(=O)C[C@@H]1[NH2+]CCNC1=O. The van der Waals surface area contributed by atoms with Crippen LogP contribution in [0.2, 0.25) is 0 Å². The number of nitrogens with two attached hydrogens (primary N) is 1. The summed E-state index contributed by atoms with van der Waals surface area (Å²) in [6, 6.07) is -0.300. The number of piperazine rings is 1. The van der Waals surface area contributed by atoms with Gasteiger partial charge in [0.15, 0.2) is 6.04 Å². The maximum absolute atomic E-state index is 11.1. The number of hydrogen-bond acceptors (Lipinski definition) is 3. The molecule has 1 amide bonds. The van der Waals surface area contributed by atoms with E-state index in [9.17, 15) is 9.59 Å². The Bertz CT molecular complexity index is 193. The van der Waals surface area contributed by atoms with Gasteiger partial charge in [-0.15, -0.1) is 0 Å². The van der Waals surface area contributed by atoms with Crippen molar-refractivity contribution in [2.75, 3.05) is 20.2 Å². The Labute approximate surface area is 70.5 Å². The highest BCUT2D eigenvalue weighted by Crippen LogP contribution is 1.91. The maximum Gasteiger partial charge on any atom is 0.312 e. The topological polar surface area (TPSA) is 72.0 Å². The summed E-state index contributed by atoms with van der Waals surface area (Å²) in [4.78, 5) is 21.9. The normalized spacial score (nSPS) is 23.1. The molecule has 1 saturated heterocycles. The van der Waals surface area contributed by atoms with E-state index in [1.807, 2.05) is 5.32 Å². The second kappa shape index (κ2) is 4.06. The molecule has 68 valence electrons. The van der Waals surface area contributed by atoms with Crippen molar-refractivity contribution >= 4 is 11.9 Å². The number of rotatable bonds is 2. The van der Waals surface area contributed by atoms with Gasteiger partial charge < -0.3 is 15.4 Å². The number of methoxy groups -OCH3 is 1. The van der Waals surface area contributed by atoms with E-state index < -0.39 is 0 Å². The van der Waals surface area contributed by atoms with Gasteiger partial charge in [0.05, 0.1) is 20.2 Å². The Kier molecular flexibility index (Phi) is 3.04. The third-order valence-corrected chi connectivity index (χ3v) is 1.85. The minimum atomic E-state index is -0.340. The summed E-state index contributed by atoms with van der Waals surface area (Å²) < 4.78 is 4.46. The first-order valence-electron chi connectivity index (χ1n) is 3.92. The number of carbonyl (C=O) groups is 2. The minimum Gasteiger partial charge on any atom is -0.469 e. The number of esters is 1. The van der Waals surface area contributed by atoms with E-state index in [1.165, 1.54) is 7.11 Å². The average Bonchev–Trinajstić information content (AvgIpc) is 2.09. The van der Waals surface area contributed by atoms with Crippen LogP contribution in [0.3, 0.4) is 0 Å². The zero-order valence-electron chi connectivity index (χ0n) is 7.00. The van der Waals surface area contributed by atoms with Crippen molar-refractivity contribution in [1.29, 1.82) is 0 Å². The molecule has 1 heterocycles. The molecule has 0 spiro atoms. The fourth-order valence-corrected chi connectivity index (χ4v) is 1.16. The molecule has 1 atom stereocenters. The molecular weight excluding hydrogens is 160 g/mol. The third-order valence-electron chi connectivity index (χ3n) is 1.85. The molecule has 0 saturated carbocycles. The van der Waals surface area contributed by atoms with Gasteiger partial charge in [-0.25, -0.2) is 0 Å². The van der Waals surface area contributed by atoms with Gasteiger partial charge in [0, 0.05) is 0 Å². The number of ether oxygens (including phenoxy) is 1. The molecule has 0 aliphatic carbocycles. The minimum absolute atomic E-state index is 0.0772. The Morgan fingerprint density at radius 1 is 1.83 bits per heavy atom.